The van der Waals surface area contributed by atoms with E-state index in [1.54, 1.807) is 13.8 Å². The molecule has 0 bridgehead atoms. The minimum atomic E-state index is -4.50. The smallest absolute Gasteiger partial charge is 0.395 e. The van der Waals surface area contributed by atoms with Gasteiger partial charge in [-0.2, -0.15) is 13.2 Å². The first kappa shape index (κ1) is 24.1. The minimum absolute atomic E-state index is 0.000200. The van der Waals surface area contributed by atoms with Crippen LogP contribution in [0.15, 0.2) is 35.3 Å². The fraction of sp³-hybridized carbons (Fsp3) is 0.455. The van der Waals surface area contributed by atoms with Crippen molar-refractivity contribution in [1.82, 2.24) is 4.57 Å². The summed E-state index contributed by atoms with van der Waals surface area (Å²) in [6.07, 6.45) is -3.79. The molecule has 1 aromatic carbocycles. The van der Waals surface area contributed by atoms with Crippen molar-refractivity contribution in [2.45, 2.75) is 45.0 Å². The molecule has 2 atom stereocenters. The summed E-state index contributed by atoms with van der Waals surface area (Å²) in [4.78, 5) is 24.7. The third-order valence-electron chi connectivity index (χ3n) is 5.24. The van der Waals surface area contributed by atoms with Gasteiger partial charge in [0.05, 0.1) is 18.2 Å². The van der Waals surface area contributed by atoms with E-state index >= 15 is 0 Å². The average Bonchev–Trinajstić information content (AvgIpc) is 2.67. The molecule has 3 rings (SSSR count). The van der Waals surface area contributed by atoms with Crippen molar-refractivity contribution < 1.29 is 32.5 Å². The summed E-state index contributed by atoms with van der Waals surface area (Å²) in [5, 5.41) is 9.93. The number of hydrogen-bond donors (Lipinski definition) is 1. The van der Waals surface area contributed by atoms with Crippen LogP contribution in [0.3, 0.4) is 0 Å². The number of aromatic nitrogens is 1. The molecule has 6 nitrogen and oxygen atoms in total. The molecule has 0 radical (unpaired) electrons. The van der Waals surface area contributed by atoms with Crippen LogP contribution in [0.1, 0.15) is 31.9 Å². The zero-order valence-electron chi connectivity index (χ0n) is 17.5. The predicted octanol–water partition coefficient (Wildman–Crippen LogP) is 4.72. The molecule has 1 aromatic heterocycles. The maximum Gasteiger partial charge on any atom is 0.395 e. The fourth-order valence-corrected chi connectivity index (χ4v) is 3.77. The first-order valence-electron chi connectivity index (χ1n) is 10.1. The Hall–Kier alpha value is -2.52. The molecule has 0 saturated carbocycles. The predicted molar refractivity (Wildman–Crippen MR) is 112 cm³/mol. The van der Waals surface area contributed by atoms with Gasteiger partial charge in [-0.1, -0.05) is 17.7 Å². The molecule has 1 N–H and O–H groups in total. The van der Waals surface area contributed by atoms with Crippen LogP contribution in [-0.2, 0) is 16.0 Å². The van der Waals surface area contributed by atoms with Crippen LogP contribution in [0.25, 0.3) is 11.1 Å². The van der Waals surface area contributed by atoms with E-state index in [1.807, 2.05) is 0 Å². The van der Waals surface area contributed by atoms with E-state index in [-0.39, 0.29) is 41.9 Å². The second kappa shape index (κ2) is 9.54. The summed E-state index contributed by atoms with van der Waals surface area (Å²) in [5.74, 6) is -3.05. The van der Waals surface area contributed by atoms with Crippen LogP contribution in [-0.4, -0.2) is 41.1 Å². The maximum absolute atomic E-state index is 13.5. The number of halogens is 4. The minimum Gasteiger partial charge on any atom is -0.491 e. The number of carboxylic acid groups (broad SMARTS) is 1. The number of rotatable bonds is 6. The number of ether oxygens (including phenoxy) is 2. The van der Waals surface area contributed by atoms with E-state index in [0.29, 0.717) is 11.1 Å². The number of carboxylic acids is 1. The molecule has 1 aliphatic rings. The van der Waals surface area contributed by atoms with Crippen molar-refractivity contribution in [2.75, 3.05) is 13.2 Å². The largest absolute Gasteiger partial charge is 0.491 e. The van der Waals surface area contributed by atoms with Gasteiger partial charge in [-0.15, -0.1) is 0 Å². The molecule has 1 aliphatic heterocycles. The van der Waals surface area contributed by atoms with Gasteiger partial charge in [0.1, 0.15) is 18.4 Å². The molecular formula is C22H23ClF3NO5. The number of aliphatic carboxylic acids is 1. The molecule has 0 saturated heterocycles. The number of fused-ring (bicyclic) bond motifs is 3. The number of pyridine rings is 1. The zero-order chi connectivity index (χ0) is 23.6. The lowest BCUT2D eigenvalue weighted by atomic mass is 9.91. The maximum atomic E-state index is 13.5. The van der Waals surface area contributed by atoms with Crippen molar-refractivity contribution in [3.8, 4) is 16.9 Å². The lowest BCUT2D eigenvalue weighted by molar-refractivity contribution is -0.181. The van der Waals surface area contributed by atoms with Gasteiger partial charge in [0.15, 0.2) is 0 Å². The monoisotopic (exact) mass is 473 g/mol. The first-order chi connectivity index (χ1) is 15.0. The third kappa shape index (κ3) is 5.45. The Kier molecular flexibility index (Phi) is 7.19. The van der Waals surface area contributed by atoms with E-state index in [9.17, 15) is 27.9 Å². The van der Waals surface area contributed by atoms with E-state index in [4.69, 9.17) is 21.1 Å². The molecule has 0 amide bonds. The van der Waals surface area contributed by atoms with Gasteiger partial charge in [-0.05, 0) is 43.5 Å². The summed E-state index contributed by atoms with van der Waals surface area (Å²) in [7, 11) is 0. The topological polar surface area (TPSA) is 77.8 Å². The average molecular weight is 474 g/mol. The van der Waals surface area contributed by atoms with Crippen molar-refractivity contribution in [3.63, 3.8) is 0 Å². The standard InChI is InChI=1S/C22H23ClF3NO5/c1-12(2)31-6-5-18(21(29)30)27-10-19-17(9-20(27)28)16-8-15(23)4-3-13(16)7-14(11-32-19)22(24,25)26/h3-4,8-10,12,14,18H,5-7,11H2,1-2H3,(H,29,30)/t14-,18?/m1/s1. The third-order valence-corrected chi connectivity index (χ3v) is 5.47. The Morgan fingerprint density at radius 2 is 2.03 bits per heavy atom. The van der Waals surface area contributed by atoms with Gasteiger partial charge in [-0.25, -0.2) is 4.79 Å². The molecule has 32 heavy (non-hydrogen) atoms. The van der Waals surface area contributed by atoms with Crippen molar-refractivity contribution in [2.24, 2.45) is 5.92 Å². The summed E-state index contributed by atoms with van der Waals surface area (Å²) in [6, 6.07) is 4.38. The molecule has 0 fully saturated rings. The summed E-state index contributed by atoms with van der Waals surface area (Å²) < 4.78 is 52.4. The first-order valence-corrected chi connectivity index (χ1v) is 10.4. The highest BCUT2D eigenvalue weighted by atomic mass is 35.5. The Morgan fingerprint density at radius 3 is 2.66 bits per heavy atom. The fourth-order valence-electron chi connectivity index (χ4n) is 3.60. The van der Waals surface area contributed by atoms with Gasteiger partial charge in [0.25, 0.3) is 5.56 Å². The van der Waals surface area contributed by atoms with Crippen LogP contribution in [0.5, 0.6) is 5.75 Å². The summed E-state index contributed by atoms with van der Waals surface area (Å²) >= 11 is 6.07. The van der Waals surface area contributed by atoms with Crippen molar-refractivity contribution >= 4 is 17.6 Å². The van der Waals surface area contributed by atoms with Crippen LogP contribution >= 0.6 is 11.6 Å². The van der Waals surface area contributed by atoms with Crippen LogP contribution in [0.4, 0.5) is 13.2 Å². The van der Waals surface area contributed by atoms with Gasteiger partial charge < -0.3 is 14.6 Å². The number of hydrogen-bond acceptors (Lipinski definition) is 4. The van der Waals surface area contributed by atoms with E-state index in [2.05, 4.69) is 0 Å². The number of carbonyl (C=O) groups is 1. The highest BCUT2D eigenvalue weighted by molar-refractivity contribution is 6.30. The SMILES string of the molecule is CC(C)OCCC(C(=O)O)n1cc2c(cc1=O)-c1cc(Cl)ccc1C[C@@H](C(F)(F)F)CO2. The number of nitrogens with zero attached hydrogens (tertiary/aromatic N) is 1. The molecule has 10 heteroatoms. The van der Waals surface area contributed by atoms with Gasteiger partial charge >= 0.3 is 12.1 Å². The Morgan fingerprint density at radius 1 is 1.31 bits per heavy atom. The van der Waals surface area contributed by atoms with E-state index in [0.717, 1.165) is 10.8 Å². The molecule has 1 unspecified atom stereocenters. The molecule has 2 aromatic rings. The van der Waals surface area contributed by atoms with Crippen LogP contribution in [0.2, 0.25) is 5.02 Å². The van der Waals surface area contributed by atoms with Gasteiger partial charge in [-0.3, -0.25) is 9.36 Å². The Bertz CT molecular complexity index is 1050. The van der Waals surface area contributed by atoms with Crippen molar-refractivity contribution in [3.05, 3.63) is 51.4 Å². The quantitative estimate of drug-likeness (QED) is 0.656. The molecule has 2 heterocycles. The number of benzene rings is 1. The van der Waals surface area contributed by atoms with Crippen LogP contribution in [0, 0.1) is 5.92 Å². The molecule has 0 aliphatic carbocycles. The van der Waals surface area contributed by atoms with E-state index < -0.39 is 36.3 Å². The zero-order valence-corrected chi connectivity index (χ0v) is 18.2. The second-order valence-electron chi connectivity index (χ2n) is 7.91. The normalized spacial score (nSPS) is 17.0. The Balaban J connectivity index is 2.09. The second-order valence-corrected chi connectivity index (χ2v) is 8.35. The molecule has 174 valence electrons. The lowest BCUT2D eigenvalue weighted by Gasteiger charge is -2.27. The highest BCUT2D eigenvalue weighted by Gasteiger charge is 2.41. The molecular weight excluding hydrogens is 451 g/mol. The van der Waals surface area contributed by atoms with E-state index in [1.165, 1.54) is 24.3 Å². The van der Waals surface area contributed by atoms with Crippen LogP contribution < -0.4 is 10.3 Å². The highest BCUT2D eigenvalue weighted by Crippen LogP contribution is 2.40. The summed E-state index contributed by atoms with van der Waals surface area (Å²) in [5.41, 5.74) is 0.370. The van der Waals surface area contributed by atoms with Gasteiger partial charge in [0.2, 0.25) is 0 Å². The number of alkyl halides is 3. The molecule has 0 spiro atoms. The van der Waals surface area contributed by atoms with Crippen molar-refractivity contribution in [1.29, 1.82) is 0 Å². The lowest BCUT2D eigenvalue weighted by Crippen LogP contribution is -2.33. The van der Waals surface area contributed by atoms with Gasteiger partial charge in [0, 0.05) is 29.7 Å². The summed E-state index contributed by atoms with van der Waals surface area (Å²) in [6.45, 7) is 3.01. The Labute approximate surface area is 187 Å².